The lowest BCUT2D eigenvalue weighted by atomic mass is 10.0. The first kappa shape index (κ1) is 30.0. The van der Waals surface area contributed by atoms with Crippen LogP contribution in [0.1, 0.15) is 10.4 Å². The number of rotatable bonds is 13. The first-order chi connectivity index (χ1) is 17.1. The molecule has 5 N–H and O–H groups in total. The zero-order valence-corrected chi connectivity index (χ0v) is 19.3. The van der Waals surface area contributed by atoms with E-state index in [1.54, 1.807) is 0 Å². The molecule has 12 nitrogen and oxygen atoms in total. The lowest BCUT2D eigenvalue weighted by molar-refractivity contribution is -0.205. The number of hydrogen-bond donors (Lipinski definition) is 5. The maximum atomic E-state index is 13.9. The Morgan fingerprint density at radius 2 is 1.61 bits per heavy atom. The zero-order chi connectivity index (χ0) is 26.8. The number of amides is 1. The van der Waals surface area contributed by atoms with Gasteiger partial charge in [0.25, 0.3) is 5.91 Å². The highest BCUT2D eigenvalue weighted by Crippen LogP contribution is 2.30. The smallest absolute Gasteiger partial charge is 0.257 e. The van der Waals surface area contributed by atoms with E-state index in [2.05, 4.69) is 10.0 Å². The number of nitrogens with zero attached hydrogens (tertiary/aromatic N) is 3. The first-order valence-corrected chi connectivity index (χ1v) is 11.5. The topological polar surface area (TPSA) is 186 Å². The van der Waals surface area contributed by atoms with Gasteiger partial charge < -0.3 is 40.0 Å². The van der Waals surface area contributed by atoms with Gasteiger partial charge in [0.2, 0.25) is 0 Å². The summed E-state index contributed by atoms with van der Waals surface area (Å²) >= 11 is 1.11. The predicted octanol–water partition coefficient (Wildman–Crippen LogP) is 0.481. The molecule has 1 aliphatic heterocycles. The van der Waals surface area contributed by atoms with Gasteiger partial charge in [-0.25, -0.2) is 17.6 Å². The second-order valence-corrected chi connectivity index (χ2v) is 8.42. The van der Waals surface area contributed by atoms with E-state index in [1.165, 1.54) is 0 Å². The molecule has 1 aromatic carbocycles. The van der Waals surface area contributed by atoms with Gasteiger partial charge in [0.05, 0.1) is 33.0 Å². The number of carbonyl (C=O) groups excluding carboxylic acids is 1. The molecule has 0 radical (unpaired) electrons. The molecule has 2 rings (SSSR count). The quantitative estimate of drug-likeness (QED) is 0.0588. The van der Waals surface area contributed by atoms with Crippen molar-refractivity contribution in [1.82, 2.24) is 5.32 Å². The first-order valence-electron chi connectivity index (χ1n) is 10.4. The Morgan fingerprint density at radius 3 is 2.19 bits per heavy atom. The van der Waals surface area contributed by atoms with Gasteiger partial charge in [-0.2, -0.15) is 0 Å². The Hall–Kier alpha value is -2.21. The van der Waals surface area contributed by atoms with E-state index >= 15 is 0 Å². The molecule has 202 valence electrons. The third kappa shape index (κ3) is 7.41. The van der Waals surface area contributed by atoms with E-state index in [4.69, 9.17) is 24.8 Å². The van der Waals surface area contributed by atoms with Crippen LogP contribution in [0.3, 0.4) is 0 Å². The van der Waals surface area contributed by atoms with Gasteiger partial charge in [-0.3, -0.25) is 4.79 Å². The largest absolute Gasteiger partial charge is 0.394 e. The van der Waals surface area contributed by atoms with Crippen molar-refractivity contribution in [3.05, 3.63) is 39.3 Å². The molecular weight excluding hydrogens is 520 g/mol. The third-order valence-electron chi connectivity index (χ3n) is 4.87. The van der Waals surface area contributed by atoms with Gasteiger partial charge >= 0.3 is 0 Å². The summed E-state index contributed by atoms with van der Waals surface area (Å²) in [7, 11) is 0. The second-order valence-electron chi connectivity index (χ2n) is 7.22. The Labute approximate surface area is 205 Å². The molecule has 0 saturated carbocycles. The number of carbonyl (C=O) groups is 1. The highest BCUT2D eigenvalue weighted by molar-refractivity contribution is 7.99. The van der Waals surface area contributed by atoms with Crippen molar-refractivity contribution in [2.75, 3.05) is 45.3 Å². The summed E-state index contributed by atoms with van der Waals surface area (Å²) in [5.41, 5.74) is 4.29. The summed E-state index contributed by atoms with van der Waals surface area (Å²) < 4.78 is 71.1. The van der Waals surface area contributed by atoms with Crippen LogP contribution in [0, 0.1) is 23.3 Å². The summed E-state index contributed by atoms with van der Waals surface area (Å²) in [4.78, 5) is 14.0. The minimum atomic E-state index is -2.01. The highest BCUT2D eigenvalue weighted by atomic mass is 32.2. The van der Waals surface area contributed by atoms with E-state index in [-0.39, 0.29) is 33.0 Å². The van der Waals surface area contributed by atoms with E-state index < -0.39 is 76.9 Å². The van der Waals surface area contributed by atoms with E-state index in [9.17, 15) is 37.7 Å². The number of benzene rings is 1. The van der Waals surface area contributed by atoms with E-state index in [0.717, 1.165) is 11.8 Å². The van der Waals surface area contributed by atoms with Gasteiger partial charge in [0.15, 0.2) is 23.3 Å². The fourth-order valence-electron chi connectivity index (χ4n) is 3.03. The van der Waals surface area contributed by atoms with Gasteiger partial charge in [-0.05, 0) is 5.53 Å². The molecule has 0 unspecified atom stereocenters. The molecule has 1 aliphatic rings. The summed E-state index contributed by atoms with van der Waals surface area (Å²) in [6, 6.07) is 0. The summed E-state index contributed by atoms with van der Waals surface area (Å²) in [6.45, 7) is -0.540. The van der Waals surface area contributed by atoms with Crippen LogP contribution in [0.25, 0.3) is 10.4 Å². The molecule has 17 heteroatoms. The van der Waals surface area contributed by atoms with Crippen LogP contribution < -0.4 is 5.32 Å². The fourth-order valence-corrected chi connectivity index (χ4v) is 4.05. The predicted molar refractivity (Wildman–Crippen MR) is 115 cm³/mol. The van der Waals surface area contributed by atoms with E-state index in [1.807, 2.05) is 5.32 Å². The van der Waals surface area contributed by atoms with Gasteiger partial charge in [-0.1, -0.05) is 5.11 Å². The monoisotopic (exact) mass is 544 g/mol. The fraction of sp³-hybridized carbons (Fsp3) is 0.632. The molecule has 36 heavy (non-hydrogen) atoms. The number of thioether (sulfide) groups is 1. The molecule has 1 heterocycles. The van der Waals surface area contributed by atoms with Crippen LogP contribution in [0.4, 0.5) is 23.2 Å². The van der Waals surface area contributed by atoms with Gasteiger partial charge in [-0.15, -0.1) is 11.8 Å². The van der Waals surface area contributed by atoms with Crippen LogP contribution in [-0.2, 0) is 14.2 Å². The normalized spacial score (nSPS) is 23.8. The van der Waals surface area contributed by atoms with Gasteiger partial charge in [0, 0.05) is 17.2 Å². The number of aliphatic hydroxyl groups excluding tert-OH is 4. The maximum Gasteiger partial charge on any atom is 0.257 e. The van der Waals surface area contributed by atoms with Crippen molar-refractivity contribution >= 4 is 23.4 Å². The standard InChI is InChI=1S/C19H24F4N4O8S/c20-10-9(11(21)13(23)14(12(10)22)26-27-24)18(32)25-1-2-33-3-4-34-5-6-36-19-17(31)16(30)15(29)8(7-28)35-19/h8,15-17,19,28-31H,1-7H2,(H,25,32)/t8-,15-,16+,17+,19-/m1/s1. The second kappa shape index (κ2) is 14.5. The molecule has 1 fully saturated rings. The number of halogens is 4. The van der Waals surface area contributed by atoms with Crippen molar-refractivity contribution in [2.24, 2.45) is 5.11 Å². The highest BCUT2D eigenvalue weighted by Gasteiger charge is 2.43. The minimum absolute atomic E-state index is 0.0629. The Bertz CT molecular complexity index is 928. The summed E-state index contributed by atoms with van der Waals surface area (Å²) in [5.74, 6) is -9.14. The summed E-state index contributed by atoms with van der Waals surface area (Å²) in [5, 5.41) is 43.1. The van der Waals surface area contributed by atoms with Gasteiger partial charge in [0.1, 0.15) is 41.1 Å². The van der Waals surface area contributed by atoms with Crippen LogP contribution in [-0.4, -0.2) is 102 Å². The number of hydrogen-bond acceptors (Lipinski definition) is 10. The SMILES string of the molecule is [N-]=[N+]=Nc1c(F)c(F)c(C(=O)NCCOCCOCCS[C@H]2O[C@H](CO)[C@@H](O)[C@H](O)[C@@H]2O)c(F)c1F. The van der Waals surface area contributed by atoms with Crippen LogP contribution in [0.15, 0.2) is 5.11 Å². The average Bonchev–Trinajstić information content (AvgIpc) is 2.86. The van der Waals surface area contributed by atoms with Crippen LogP contribution >= 0.6 is 11.8 Å². The van der Waals surface area contributed by atoms with Crippen LogP contribution in [0.5, 0.6) is 0 Å². The van der Waals surface area contributed by atoms with Crippen molar-refractivity contribution in [1.29, 1.82) is 0 Å². The number of ether oxygens (including phenoxy) is 3. The maximum absolute atomic E-state index is 13.9. The Balaban J connectivity index is 1.64. The average molecular weight is 544 g/mol. The molecule has 1 saturated heterocycles. The third-order valence-corrected chi connectivity index (χ3v) is 6.00. The molecule has 5 atom stereocenters. The number of aliphatic hydroxyl groups is 4. The summed E-state index contributed by atoms with van der Waals surface area (Å²) in [6.07, 6.45) is -5.26. The Morgan fingerprint density at radius 1 is 1.00 bits per heavy atom. The molecule has 0 bridgehead atoms. The zero-order valence-electron chi connectivity index (χ0n) is 18.5. The Kier molecular flexibility index (Phi) is 12.1. The van der Waals surface area contributed by atoms with Crippen LogP contribution in [0.2, 0.25) is 0 Å². The molecular formula is C19H24F4N4O8S. The molecule has 0 aliphatic carbocycles. The van der Waals surface area contributed by atoms with Crippen molar-refractivity contribution in [3.8, 4) is 0 Å². The molecule has 1 aromatic rings. The lowest BCUT2D eigenvalue weighted by Gasteiger charge is -2.39. The molecule has 0 spiro atoms. The van der Waals surface area contributed by atoms with Crippen molar-refractivity contribution in [3.63, 3.8) is 0 Å². The number of azide groups is 1. The molecule has 0 aromatic heterocycles. The molecule has 1 amide bonds. The van der Waals surface area contributed by atoms with Crippen molar-refractivity contribution < 1.29 is 57.0 Å². The minimum Gasteiger partial charge on any atom is -0.394 e. The van der Waals surface area contributed by atoms with E-state index in [0.29, 0.717) is 5.75 Å². The number of nitrogens with one attached hydrogen (secondary N) is 1. The van der Waals surface area contributed by atoms with Crippen molar-refractivity contribution in [2.45, 2.75) is 29.9 Å². The lowest BCUT2D eigenvalue weighted by Crippen LogP contribution is -2.57.